The van der Waals surface area contributed by atoms with E-state index in [1.165, 1.54) is 25.7 Å². The third-order valence-electron chi connectivity index (χ3n) is 4.07. The van der Waals surface area contributed by atoms with Crippen molar-refractivity contribution in [1.82, 2.24) is 10.2 Å². The Labute approximate surface area is 114 Å². The lowest BCUT2D eigenvalue weighted by atomic mass is 10.1. The van der Waals surface area contributed by atoms with Gasteiger partial charge in [0.25, 0.3) is 0 Å². The van der Waals surface area contributed by atoms with Gasteiger partial charge in [-0.15, -0.1) is 5.10 Å². The van der Waals surface area contributed by atoms with Crippen LogP contribution in [0, 0.1) is 25.2 Å². The van der Waals surface area contributed by atoms with Crippen LogP contribution in [0.25, 0.3) is 0 Å². The minimum Gasteiger partial charge on any atom is -0.384 e. The van der Waals surface area contributed by atoms with Crippen LogP contribution in [0.5, 0.6) is 0 Å². The number of nitrogens with two attached hydrogens (primary N) is 1. The first-order valence-electron chi connectivity index (χ1n) is 6.90. The predicted octanol–water partition coefficient (Wildman–Crippen LogP) is 2.00. The summed E-state index contributed by atoms with van der Waals surface area (Å²) in [7, 11) is 2.02. The van der Waals surface area contributed by atoms with Crippen LogP contribution in [0.4, 0.5) is 5.82 Å². The molecule has 0 bridgehead atoms. The van der Waals surface area contributed by atoms with Crippen LogP contribution in [0.15, 0.2) is 0 Å². The molecule has 1 aromatic heterocycles. The Balaban J connectivity index is 2.27. The Morgan fingerprint density at radius 2 is 1.95 bits per heavy atom. The second-order valence-corrected chi connectivity index (χ2v) is 5.55. The first-order chi connectivity index (χ1) is 9.00. The molecule has 5 heteroatoms. The minimum atomic E-state index is 0.0729. The van der Waals surface area contributed by atoms with Crippen LogP contribution in [0.3, 0.4) is 0 Å². The van der Waals surface area contributed by atoms with E-state index in [0.29, 0.717) is 0 Å². The number of aryl methyl sites for hydroxylation is 1. The molecule has 0 aliphatic heterocycles. The molecule has 1 aliphatic rings. The average molecular weight is 261 g/mol. The van der Waals surface area contributed by atoms with Crippen molar-refractivity contribution in [3.63, 3.8) is 0 Å². The largest absolute Gasteiger partial charge is 0.384 e. The lowest BCUT2D eigenvalue weighted by Gasteiger charge is -2.24. The third-order valence-corrected chi connectivity index (χ3v) is 4.07. The molecule has 0 aromatic carbocycles. The standard InChI is InChI=1S/C14H23N5/c1-9-10(2)17-18-14(12(9)13(15)16)19(3)8-11-6-4-5-7-11/h11H,4-8H2,1-3H3,(H3,15,16). The number of amidine groups is 1. The fraction of sp³-hybridized carbons (Fsp3) is 0.643. The molecular formula is C14H23N5. The summed E-state index contributed by atoms with van der Waals surface area (Å²) in [5.74, 6) is 1.54. The van der Waals surface area contributed by atoms with E-state index >= 15 is 0 Å². The van der Waals surface area contributed by atoms with Crippen LogP contribution in [-0.2, 0) is 0 Å². The highest BCUT2D eigenvalue weighted by atomic mass is 15.3. The molecule has 1 heterocycles. The molecule has 0 amide bonds. The number of hydrogen-bond acceptors (Lipinski definition) is 4. The van der Waals surface area contributed by atoms with Gasteiger partial charge in [0, 0.05) is 13.6 Å². The van der Waals surface area contributed by atoms with E-state index in [-0.39, 0.29) is 5.84 Å². The Morgan fingerprint density at radius 3 is 2.53 bits per heavy atom. The summed E-state index contributed by atoms with van der Waals surface area (Å²) in [6.07, 6.45) is 5.24. The van der Waals surface area contributed by atoms with Crippen LogP contribution in [-0.4, -0.2) is 29.6 Å². The van der Waals surface area contributed by atoms with E-state index < -0.39 is 0 Å². The van der Waals surface area contributed by atoms with Gasteiger partial charge in [-0.1, -0.05) is 12.8 Å². The highest BCUT2D eigenvalue weighted by Gasteiger charge is 2.21. The van der Waals surface area contributed by atoms with Crippen LogP contribution in [0.1, 0.15) is 42.5 Å². The molecule has 1 aromatic rings. The maximum atomic E-state index is 7.77. The molecule has 1 fully saturated rings. The number of nitrogen functional groups attached to an aromatic ring is 1. The first-order valence-corrected chi connectivity index (χ1v) is 6.90. The molecule has 0 unspecified atom stereocenters. The molecule has 0 spiro atoms. The number of nitrogens with zero attached hydrogens (tertiary/aromatic N) is 3. The van der Waals surface area contributed by atoms with Gasteiger partial charge in [0.15, 0.2) is 5.82 Å². The topological polar surface area (TPSA) is 78.9 Å². The van der Waals surface area contributed by atoms with Crippen LogP contribution in [0.2, 0.25) is 0 Å². The molecule has 5 nitrogen and oxygen atoms in total. The van der Waals surface area contributed by atoms with Crippen molar-refractivity contribution in [2.75, 3.05) is 18.5 Å². The van der Waals surface area contributed by atoms with Gasteiger partial charge >= 0.3 is 0 Å². The zero-order valence-corrected chi connectivity index (χ0v) is 12.0. The van der Waals surface area contributed by atoms with E-state index in [4.69, 9.17) is 11.1 Å². The maximum Gasteiger partial charge on any atom is 0.162 e. The smallest absolute Gasteiger partial charge is 0.162 e. The van der Waals surface area contributed by atoms with Crippen molar-refractivity contribution in [3.05, 3.63) is 16.8 Å². The second-order valence-electron chi connectivity index (χ2n) is 5.55. The Kier molecular flexibility index (Phi) is 4.02. The van der Waals surface area contributed by atoms with E-state index in [2.05, 4.69) is 15.1 Å². The summed E-state index contributed by atoms with van der Waals surface area (Å²) in [6, 6.07) is 0. The normalized spacial score (nSPS) is 15.7. The van der Waals surface area contributed by atoms with E-state index in [0.717, 1.165) is 35.1 Å². The second kappa shape index (κ2) is 5.55. The van der Waals surface area contributed by atoms with Crippen LogP contribution >= 0.6 is 0 Å². The zero-order chi connectivity index (χ0) is 14.0. The summed E-state index contributed by atoms with van der Waals surface area (Å²) in [5, 5.41) is 16.2. The van der Waals surface area contributed by atoms with Crippen molar-refractivity contribution in [1.29, 1.82) is 5.41 Å². The molecule has 3 N–H and O–H groups in total. The summed E-state index contributed by atoms with van der Waals surface area (Å²) in [6.45, 7) is 4.82. The fourth-order valence-electron chi connectivity index (χ4n) is 2.85. The average Bonchev–Trinajstić information content (AvgIpc) is 2.84. The van der Waals surface area contributed by atoms with Crippen molar-refractivity contribution >= 4 is 11.7 Å². The minimum absolute atomic E-state index is 0.0729. The molecule has 1 aliphatic carbocycles. The summed E-state index contributed by atoms with van der Waals surface area (Å²) in [5.41, 5.74) is 8.24. The maximum absolute atomic E-state index is 7.77. The Bertz CT molecular complexity index is 477. The SMILES string of the molecule is Cc1nnc(N(C)CC2CCCC2)c(C(=N)N)c1C. The number of nitrogens with one attached hydrogen (secondary N) is 1. The van der Waals surface area contributed by atoms with Gasteiger partial charge in [-0.3, -0.25) is 5.41 Å². The Morgan fingerprint density at radius 1 is 1.32 bits per heavy atom. The molecule has 2 rings (SSSR count). The molecule has 0 radical (unpaired) electrons. The van der Waals surface area contributed by atoms with Crippen LogP contribution < -0.4 is 10.6 Å². The van der Waals surface area contributed by atoms with Gasteiger partial charge in [-0.25, -0.2) is 0 Å². The van der Waals surface area contributed by atoms with Gasteiger partial charge in [0.05, 0.1) is 11.3 Å². The quantitative estimate of drug-likeness (QED) is 0.642. The molecule has 104 valence electrons. The number of aromatic nitrogens is 2. The Hall–Kier alpha value is -1.65. The lowest BCUT2D eigenvalue weighted by molar-refractivity contribution is 0.543. The highest BCUT2D eigenvalue weighted by molar-refractivity contribution is 6.01. The molecular weight excluding hydrogens is 238 g/mol. The monoisotopic (exact) mass is 261 g/mol. The van der Waals surface area contributed by atoms with Gasteiger partial charge in [0.2, 0.25) is 0 Å². The van der Waals surface area contributed by atoms with Gasteiger partial charge < -0.3 is 10.6 Å². The van der Waals surface area contributed by atoms with Gasteiger partial charge in [-0.2, -0.15) is 5.10 Å². The number of anilines is 1. The highest BCUT2D eigenvalue weighted by Crippen LogP contribution is 2.28. The first kappa shape index (κ1) is 13.8. The molecule has 0 saturated heterocycles. The van der Waals surface area contributed by atoms with Crippen molar-refractivity contribution in [2.24, 2.45) is 11.7 Å². The van der Waals surface area contributed by atoms with Crippen molar-refractivity contribution in [2.45, 2.75) is 39.5 Å². The van der Waals surface area contributed by atoms with Crippen molar-refractivity contribution in [3.8, 4) is 0 Å². The number of rotatable bonds is 4. The van der Waals surface area contributed by atoms with E-state index in [9.17, 15) is 0 Å². The molecule has 19 heavy (non-hydrogen) atoms. The summed E-state index contributed by atoms with van der Waals surface area (Å²) >= 11 is 0. The third kappa shape index (κ3) is 2.85. The number of hydrogen-bond donors (Lipinski definition) is 2. The fourth-order valence-corrected chi connectivity index (χ4v) is 2.85. The summed E-state index contributed by atoms with van der Waals surface area (Å²) in [4.78, 5) is 2.10. The molecule has 1 saturated carbocycles. The van der Waals surface area contributed by atoms with Gasteiger partial charge in [-0.05, 0) is 38.2 Å². The van der Waals surface area contributed by atoms with Gasteiger partial charge in [0.1, 0.15) is 5.84 Å². The van der Waals surface area contributed by atoms with Crippen molar-refractivity contribution < 1.29 is 0 Å². The van der Waals surface area contributed by atoms with E-state index in [1.807, 2.05) is 20.9 Å². The summed E-state index contributed by atoms with van der Waals surface area (Å²) < 4.78 is 0. The lowest BCUT2D eigenvalue weighted by Crippen LogP contribution is -2.29. The predicted molar refractivity (Wildman–Crippen MR) is 77.8 cm³/mol. The molecule has 0 atom stereocenters. The zero-order valence-electron chi connectivity index (χ0n) is 12.0. The van der Waals surface area contributed by atoms with E-state index in [1.54, 1.807) is 0 Å².